The Bertz CT molecular complexity index is 883. The lowest BCUT2D eigenvalue weighted by Gasteiger charge is -2.07. The van der Waals surface area contributed by atoms with Gasteiger partial charge in [0.1, 0.15) is 5.82 Å². The van der Waals surface area contributed by atoms with Crippen LogP contribution in [0.2, 0.25) is 10.0 Å². The van der Waals surface area contributed by atoms with Crippen LogP contribution in [-0.2, 0) is 0 Å². The zero-order valence-electron chi connectivity index (χ0n) is 10.4. The summed E-state index contributed by atoms with van der Waals surface area (Å²) in [5, 5.41) is 0.821. The van der Waals surface area contributed by atoms with Crippen molar-refractivity contribution in [3.05, 3.63) is 56.5 Å². The quantitative estimate of drug-likeness (QED) is 0.590. The molecule has 0 unspecified atom stereocenters. The van der Waals surface area contributed by atoms with Gasteiger partial charge in [0, 0.05) is 0 Å². The number of rotatable bonds is 1. The van der Waals surface area contributed by atoms with E-state index in [1.807, 2.05) is 13.0 Å². The summed E-state index contributed by atoms with van der Waals surface area (Å²) in [5.41, 5.74) is 2.63. The molecule has 1 aromatic heterocycles. The topological polar surface area (TPSA) is 20.7 Å². The first-order valence-corrected chi connectivity index (χ1v) is 7.00. The van der Waals surface area contributed by atoms with E-state index >= 15 is 0 Å². The smallest absolute Gasteiger partial charge is 0.182 e. The average Bonchev–Trinajstić information content (AvgIpc) is 2.66. The molecule has 2 nitrogen and oxygen atoms in total. The molecular weight excluding hydrogens is 318 g/mol. The van der Waals surface area contributed by atoms with Gasteiger partial charge in [-0.3, -0.25) is 4.57 Å². The highest BCUT2D eigenvalue weighted by molar-refractivity contribution is 7.71. The van der Waals surface area contributed by atoms with E-state index in [1.165, 1.54) is 6.07 Å². The molecule has 1 N–H and O–H groups in total. The van der Waals surface area contributed by atoms with E-state index in [0.717, 1.165) is 5.56 Å². The third-order valence-corrected chi connectivity index (χ3v) is 4.08. The van der Waals surface area contributed by atoms with Gasteiger partial charge in [0.15, 0.2) is 4.77 Å². The highest BCUT2D eigenvalue weighted by Crippen LogP contribution is 2.30. The van der Waals surface area contributed by atoms with Crippen molar-refractivity contribution in [3.63, 3.8) is 0 Å². The van der Waals surface area contributed by atoms with Gasteiger partial charge in [0.25, 0.3) is 0 Å². The van der Waals surface area contributed by atoms with Crippen LogP contribution in [0.1, 0.15) is 5.56 Å². The largest absolute Gasteiger partial charge is 0.330 e. The molecule has 0 amide bonds. The van der Waals surface area contributed by atoms with Crippen LogP contribution in [0.4, 0.5) is 4.39 Å². The fourth-order valence-corrected chi connectivity index (χ4v) is 2.76. The zero-order chi connectivity index (χ0) is 14.4. The molecule has 0 aliphatic heterocycles. The molecule has 20 heavy (non-hydrogen) atoms. The van der Waals surface area contributed by atoms with Crippen LogP contribution in [0.15, 0.2) is 30.3 Å². The Morgan fingerprint density at radius 3 is 2.55 bits per heavy atom. The second-order valence-electron chi connectivity index (χ2n) is 4.50. The van der Waals surface area contributed by atoms with Crippen LogP contribution in [0.5, 0.6) is 0 Å². The lowest BCUT2D eigenvalue weighted by atomic mass is 10.2. The molecule has 1 heterocycles. The van der Waals surface area contributed by atoms with Gasteiger partial charge in [-0.05, 0) is 49.0 Å². The van der Waals surface area contributed by atoms with E-state index in [1.54, 1.807) is 22.8 Å². The van der Waals surface area contributed by atoms with E-state index in [9.17, 15) is 4.39 Å². The molecule has 6 heteroatoms. The van der Waals surface area contributed by atoms with Crippen LogP contribution < -0.4 is 0 Å². The number of imidazole rings is 1. The molecule has 0 saturated carbocycles. The number of nitrogens with zero attached hydrogens (tertiary/aromatic N) is 1. The molecular formula is C14H9Cl2FN2S. The molecule has 2 aromatic carbocycles. The monoisotopic (exact) mass is 326 g/mol. The van der Waals surface area contributed by atoms with Crippen LogP contribution in [0.25, 0.3) is 16.7 Å². The highest BCUT2D eigenvalue weighted by atomic mass is 35.5. The summed E-state index contributed by atoms with van der Waals surface area (Å²) in [5.74, 6) is -0.340. The van der Waals surface area contributed by atoms with Gasteiger partial charge in [0.05, 0.1) is 26.8 Å². The second-order valence-corrected chi connectivity index (χ2v) is 5.70. The van der Waals surface area contributed by atoms with Crippen molar-refractivity contribution in [2.75, 3.05) is 0 Å². The van der Waals surface area contributed by atoms with Gasteiger partial charge in [-0.2, -0.15) is 0 Å². The maximum absolute atomic E-state index is 14.2. The molecule has 0 aliphatic rings. The molecule has 0 spiro atoms. The minimum atomic E-state index is -0.340. The summed E-state index contributed by atoms with van der Waals surface area (Å²) in [4.78, 5) is 3.00. The summed E-state index contributed by atoms with van der Waals surface area (Å²) in [6.07, 6.45) is 0. The van der Waals surface area contributed by atoms with Crippen molar-refractivity contribution in [1.82, 2.24) is 9.55 Å². The van der Waals surface area contributed by atoms with Gasteiger partial charge in [-0.15, -0.1) is 0 Å². The maximum Gasteiger partial charge on any atom is 0.182 e. The molecule has 0 saturated heterocycles. The van der Waals surface area contributed by atoms with E-state index < -0.39 is 0 Å². The normalized spacial score (nSPS) is 11.2. The molecule has 0 aliphatic carbocycles. The number of aromatic amines is 1. The summed E-state index contributed by atoms with van der Waals surface area (Å²) in [7, 11) is 0. The molecule has 0 fully saturated rings. The fraction of sp³-hybridized carbons (Fsp3) is 0.0714. The van der Waals surface area contributed by atoms with Crippen LogP contribution in [0, 0.1) is 17.5 Å². The SMILES string of the molecule is Cc1ccc(-n2c(=S)[nH]c3cc(Cl)c(Cl)cc32)c(F)c1. The molecule has 0 atom stereocenters. The summed E-state index contributed by atoms with van der Waals surface area (Å²) in [6, 6.07) is 8.34. The third kappa shape index (κ3) is 2.14. The summed E-state index contributed by atoms with van der Waals surface area (Å²) < 4.78 is 16.2. The number of hydrogen-bond acceptors (Lipinski definition) is 1. The van der Waals surface area contributed by atoms with Gasteiger partial charge in [0.2, 0.25) is 0 Å². The van der Waals surface area contributed by atoms with Gasteiger partial charge >= 0.3 is 0 Å². The average molecular weight is 327 g/mol. The van der Waals surface area contributed by atoms with Gasteiger partial charge in [-0.1, -0.05) is 29.3 Å². The Labute approximate surface area is 129 Å². The number of aromatic nitrogens is 2. The van der Waals surface area contributed by atoms with Crippen LogP contribution in [0.3, 0.4) is 0 Å². The Kier molecular flexibility index (Phi) is 3.32. The number of halogens is 3. The van der Waals surface area contributed by atoms with Gasteiger partial charge in [-0.25, -0.2) is 4.39 Å². The Hall–Kier alpha value is -1.36. The van der Waals surface area contributed by atoms with Crippen LogP contribution in [-0.4, -0.2) is 9.55 Å². The van der Waals surface area contributed by atoms with E-state index in [-0.39, 0.29) is 5.82 Å². The summed E-state index contributed by atoms with van der Waals surface area (Å²) >= 11 is 17.3. The van der Waals surface area contributed by atoms with Crippen molar-refractivity contribution in [2.45, 2.75) is 6.92 Å². The minimum absolute atomic E-state index is 0.340. The van der Waals surface area contributed by atoms with Crippen molar-refractivity contribution in [1.29, 1.82) is 0 Å². The number of H-pyrrole nitrogens is 1. The van der Waals surface area contributed by atoms with Crippen molar-refractivity contribution < 1.29 is 4.39 Å². The molecule has 0 radical (unpaired) electrons. The molecule has 0 bridgehead atoms. The minimum Gasteiger partial charge on any atom is -0.330 e. The van der Waals surface area contributed by atoms with Crippen molar-refractivity contribution >= 4 is 46.5 Å². The standard InChI is InChI=1S/C14H9Cl2FN2S/c1-7-2-3-12(10(17)4-7)19-13-6-9(16)8(15)5-11(13)18-14(19)20/h2-6H,1H3,(H,18,20). The first-order chi connectivity index (χ1) is 9.47. The Morgan fingerprint density at radius 1 is 1.15 bits per heavy atom. The Balaban J connectivity index is 2.39. The first-order valence-electron chi connectivity index (χ1n) is 5.83. The predicted molar refractivity (Wildman–Crippen MR) is 83.2 cm³/mol. The van der Waals surface area contributed by atoms with Crippen LogP contribution >= 0.6 is 35.4 Å². The number of fused-ring (bicyclic) bond motifs is 1. The first kappa shape index (κ1) is 13.6. The number of nitrogens with one attached hydrogen (secondary N) is 1. The number of benzene rings is 2. The highest BCUT2D eigenvalue weighted by Gasteiger charge is 2.12. The summed E-state index contributed by atoms with van der Waals surface area (Å²) in [6.45, 7) is 1.83. The lowest BCUT2D eigenvalue weighted by Crippen LogP contribution is -1.98. The van der Waals surface area contributed by atoms with Gasteiger partial charge < -0.3 is 4.98 Å². The van der Waals surface area contributed by atoms with E-state index in [0.29, 0.717) is 31.5 Å². The second kappa shape index (κ2) is 4.88. The third-order valence-electron chi connectivity index (χ3n) is 3.07. The lowest BCUT2D eigenvalue weighted by molar-refractivity contribution is 0.617. The number of hydrogen-bond donors (Lipinski definition) is 1. The van der Waals surface area contributed by atoms with Crippen molar-refractivity contribution in [3.8, 4) is 5.69 Å². The Morgan fingerprint density at radius 2 is 1.85 bits per heavy atom. The van der Waals surface area contributed by atoms with E-state index in [2.05, 4.69) is 4.98 Å². The number of aryl methyl sites for hydroxylation is 1. The van der Waals surface area contributed by atoms with E-state index in [4.69, 9.17) is 35.4 Å². The predicted octanol–water partition coefficient (Wildman–Crippen LogP) is 5.44. The zero-order valence-corrected chi connectivity index (χ0v) is 12.7. The molecule has 3 rings (SSSR count). The molecule has 102 valence electrons. The van der Waals surface area contributed by atoms with Crippen molar-refractivity contribution in [2.24, 2.45) is 0 Å². The molecule has 3 aromatic rings. The maximum atomic E-state index is 14.2. The fourth-order valence-electron chi connectivity index (χ4n) is 2.13.